The minimum absolute atomic E-state index is 0.00921. The minimum Gasteiger partial charge on any atom is -0.344 e. The molecule has 5 nitrogen and oxygen atoms in total. The largest absolute Gasteiger partial charge is 0.344 e. The Morgan fingerprint density at radius 2 is 2.10 bits per heavy atom. The van der Waals surface area contributed by atoms with Crippen molar-refractivity contribution in [1.29, 1.82) is 0 Å². The minimum atomic E-state index is -0.371. The third-order valence-corrected chi connectivity index (χ3v) is 3.46. The van der Waals surface area contributed by atoms with Crippen LogP contribution in [-0.2, 0) is 16.1 Å². The zero-order valence-corrected chi connectivity index (χ0v) is 11.5. The molecule has 5 heteroatoms. The van der Waals surface area contributed by atoms with Crippen molar-refractivity contribution in [2.24, 2.45) is 5.73 Å². The van der Waals surface area contributed by atoms with Crippen LogP contribution >= 0.6 is 0 Å². The van der Waals surface area contributed by atoms with E-state index < -0.39 is 0 Å². The number of rotatable bonds is 6. The van der Waals surface area contributed by atoms with Crippen molar-refractivity contribution in [3.05, 3.63) is 35.9 Å². The van der Waals surface area contributed by atoms with Gasteiger partial charge in [0.25, 0.3) is 0 Å². The zero-order valence-electron chi connectivity index (χ0n) is 11.5. The smallest absolute Gasteiger partial charge is 0.245 e. The summed E-state index contributed by atoms with van der Waals surface area (Å²) in [6.45, 7) is 1.79. The van der Waals surface area contributed by atoms with Gasteiger partial charge in [-0.05, 0) is 24.9 Å². The number of likely N-dealkylation sites (tertiary alicyclic amines) is 1. The van der Waals surface area contributed by atoms with Gasteiger partial charge in [0.2, 0.25) is 11.8 Å². The molecule has 1 aromatic rings. The summed E-state index contributed by atoms with van der Waals surface area (Å²) >= 11 is 0. The molecule has 1 atom stereocenters. The summed E-state index contributed by atoms with van der Waals surface area (Å²) in [5.41, 5.74) is 6.47. The van der Waals surface area contributed by atoms with Crippen LogP contribution in [0.1, 0.15) is 24.8 Å². The molecule has 0 aliphatic carbocycles. The van der Waals surface area contributed by atoms with Gasteiger partial charge >= 0.3 is 0 Å². The van der Waals surface area contributed by atoms with Gasteiger partial charge in [-0.2, -0.15) is 0 Å². The van der Waals surface area contributed by atoms with Crippen molar-refractivity contribution in [3.8, 4) is 0 Å². The number of hydrogen-bond donors (Lipinski definition) is 2. The summed E-state index contributed by atoms with van der Waals surface area (Å²) in [7, 11) is 0. The molecule has 1 aliphatic heterocycles. The number of nitrogens with zero attached hydrogens (tertiary/aromatic N) is 1. The molecule has 1 heterocycles. The molecule has 20 heavy (non-hydrogen) atoms. The van der Waals surface area contributed by atoms with Crippen LogP contribution < -0.4 is 11.1 Å². The quantitative estimate of drug-likeness (QED) is 0.800. The van der Waals surface area contributed by atoms with Crippen molar-refractivity contribution in [2.45, 2.75) is 31.8 Å². The van der Waals surface area contributed by atoms with E-state index in [-0.39, 0.29) is 17.9 Å². The SMILES string of the molecule is NCCCC(=O)NC1CCN(Cc2ccccc2)C1=O. The highest BCUT2D eigenvalue weighted by molar-refractivity contribution is 5.89. The Hall–Kier alpha value is -1.88. The van der Waals surface area contributed by atoms with Gasteiger partial charge in [0, 0.05) is 19.5 Å². The molecule has 0 aromatic heterocycles. The van der Waals surface area contributed by atoms with E-state index in [1.807, 2.05) is 30.3 Å². The van der Waals surface area contributed by atoms with Gasteiger partial charge in [-0.25, -0.2) is 0 Å². The number of nitrogens with one attached hydrogen (secondary N) is 1. The lowest BCUT2D eigenvalue weighted by atomic mass is 10.2. The van der Waals surface area contributed by atoms with E-state index in [1.54, 1.807) is 4.90 Å². The Kier molecular flexibility index (Phi) is 5.12. The first-order valence-corrected chi connectivity index (χ1v) is 7.03. The third-order valence-electron chi connectivity index (χ3n) is 3.46. The first-order valence-electron chi connectivity index (χ1n) is 7.03. The fraction of sp³-hybridized carbons (Fsp3) is 0.467. The average Bonchev–Trinajstić information content (AvgIpc) is 2.79. The molecule has 1 fully saturated rings. The maximum atomic E-state index is 12.2. The summed E-state index contributed by atoms with van der Waals surface area (Å²) in [4.78, 5) is 25.6. The summed E-state index contributed by atoms with van der Waals surface area (Å²) in [5, 5.41) is 2.79. The van der Waals surface area contributed by atoms with Crippen LogP contribution in [0, 0.1) is 0 Å². The van der Waals surface area contributed by atoms with Crippen LogP contribution in [0.4, 0.5) is 0 Å². The van der Waals surface area contributed by atoms with E-state index in [4.69, 9.17) is 5.73 Å². The molecule has 2 rings (SSSR count). The maximum Gasteiger partial charge on any atom is 0.245 e. The van der Waals surface area contributed by atoms with Crippen molar-refractivity contribution in [2.75, 3.05) is 13.1 Å². The number of hydrogen-bond acceptors (Lipinski definition) is 3. The Balaban J connectivity index is 1.84. The molecule has 1 aliphatic rings. The number of carbonyl (C=O) groups is 2. The van der Waals surface area contributed by atoms with Crippen molar-refractivity contribution < 1.29 is 9.59 Å². The summed E-state index contributed by atoms with van der Waals surface area (Å²) in [6, 6.07) is 9.50. The molecular formula is C15H21N3O2. The molecule has 108 valence electrons. The second kappa shape index (κ2) is 7.05. The van der Waals surface area contributed by atoms with E-state index in [0.717, 1.165) is 5.56 Å². The monoisotopic (exact) mass is 275 g/mol. The topological polar surface area (TPSA) is 75.4 Å². The molecular weight excluding hydrogens is 254 g/mol. The van der Waals surface area contributed by atoms with E-state index >= 15 is 0 Å². The highest BCUT2D eigenvalue weighted by atomic mass is 16.2. The predicted molar refractivity (Wildman–Crippen MR) is 76.7 cm³/mol. The molecule has 1 aromatic carbocycles. The molecule has 0 spiro atoms. The number of amides is 2. The second-order valence-corrected chi connectivity index (χ2v) is 5.05. The van der Waals surface area contributed by atoms with Gasteiger partial charge in [0.1, 0.15) is 6.04 Å². The summed E-state index contributed by atoms with van der Waals surface area (Å²) in [6.07, 6.45) is 1.72. The lowest BCUT2D eigenvalue weighted by Gasteiger charge is -2.17. The highest BCUT2D eigenvalue weighted by Gasteiger charge is 2.32. The van der Waals surface area contributed by atoms with E-state index in [0.29, 0.717) is 38.9 Å². The van der Waals surface area contributed by atoms with Crippen molar-refractivity contribution in [3.63, 3.8) is 0 Å². The number of nitrogens with two attached hydrogens (primary N) is 1. The highest BCUT2D eigenvalue weighted by Crippen LogP contribution is 2.15. The van der Waals surface area contributed by atoms with E-state index in [9.17, 15) is 9.59 Å². The molecule has 1 saturated heterocycles. The Labute approximate surface area is 119 Å². The van der Waals surface area contributed by atoms with Crippen LogP contribution in [0.5, 0.6) is 0 Å². The van der Waals surface area contributed by atoms with Crippen molar-refractivity contribution in [1.82, 2.24) is 10.2 Å². The second-order valence-electron chi connectivity index (χ2n) is 5.05. The van der Waals surface area contributed by atoms with Gasteiger partial charge in [-0.15, -0.1) is 0 Å². The summed E-state index contributed by atoms with van der Waals surface area (Å²) in [5.74, 6) is -0.0784. The standard InChI is InChI=1S/C15H21N3O2/c16-9-4-7-14(19)17-13-8-10-18(15(13)20)11-12-5-2-1-3-6-12/h1-3,5-6,13H,4,7-11,16H2,(H,17,19). The Morgan fingerprint density at radius 3 is 2.80 bits per heavy atom. The van der Waals surface area contributed by atoms with Gasteiger partial charge in [0.15, 0.2) is 0 Å². The molecule has 3 N–H and O–H groups in total. The van der Waals surface area contributed by atoms with Crippen LogP contribution in [0.25, 0.3) is 0 Å². The maximum absolute atomic E-state index is 12.2. The van der Waals surface area contributed by atoms with Crippen LogP contribution in [0.15, 0.2) is 30.3 Å². The zero-order chi connectivity index (χ0) is 14.4. The predicted octanol–water partition coefficient (Wildman–Crippen LogP) is 0.643. The van der Waals surface area contributed by atoms with Gasteiger partial charge < -0.3 is 16.0 Å². The first kappa shape index (κ1) is 14.5. The number of benzene rings is 1. The van der Waals surface area contributed by atoms with E-state index in [2.05, 4.69) is 5.32 Å². The normalized spacial score (nSPS) is 18.4. The number of carbonyl (C=O) groups excluding carboxylic acids is 2. The van der Waals surface area contributed by atoms with Gasteiger partial charge in [0.05, 0.1) is 0 Å². The lowest BCUT2D eigenvalue weighted by Crippen LogP contribution is -2.41. The first-order chi connectivity index (χ1) is 9.70. The fourth-order valence-corrected chi connectivity index (χ4v) is 2.36. The average molecular weight is 275 g/mol. The summed E-state index contributed by atoms with van der Waals surface area (Å²) < 4.78 is 0. The molecule has 0 radical (unpaired) electrons. The fourth-order valence-electron chi connectivity index (χ4n) is 2.36. The Bertz CT molecular complexity index is 461. The van der Waals surface area contributed by atoms with E-state index in [1.165, 1.54) is 0 Å². The molecule has 0 saturated carbocycles. The van der Waals surface area contributed by atoms with Crippen LogP contribution in [-0.4, -0.2) is 35.8 Å². The van der Waals surface area contributed by atoms with Crippen LogP contribution in [0.2, 0.25) is 0 Å². The molecule has 1 unspecified atom stereocenters. The van der Waals surface area contributed by atoms with Gasteiger partial charge in [-0.1, -0.05) is 30.3 Å². The van der Waals surface area contributed by atoms with Crippen molar-refractivity contribution >= 4 is 11.8 Å². The molecule has 2 amide bonds. The lowest BCUT2D eigenvalue weighted by molar-refractivity contribution is -0.133. The Morgan fingerprint density at radius 1 is 1.35 bits per heavy atom. The third kappa shape index (κ3) is 3.81. The van der Waals surface area contributed by atoms with Gasteiger partial charge in [-0.3, -0.25) is 9.59 Å². The van der Waals surface area contributed by atoms with Crippen LogP contribution in [0.3, 0.4) is 0 Å². The molecule has 0 bridgehead atoms.